The van der Waals surface area contributed by atoms with Crippen molar-refractivity contribution < 1.29 is 14.3 Å². The van der Waals surface area contributed by atoms with E-state index in [1.54, 1.807) is 0 Å². The van der Waals surface area contributed by atoms with E-state index < -0.39 is 11.4 Å². The zero-order valence-electron chi connectivity index (χ0n) is 9.40. The minimum atomic E-state index is -0.921. The fourth-order valence-corrected chi connectivity index (χ4v) is 2.29. The Morgan fingerprint density at radius 2 is 1.94 bits per heavy atom. The molecule has 3 heteroatoms. The molecule has 0 N–H and O–H groups in total. The van der Waals surface area contributed by atoms with Gasteiger partial charge in [-0.1, -0.05) is 30.3 Å². The predicted octanol–water partition coefficient (Wildman–Crippen LogP) is 1.92. The van der Waals surface area contributed by atoms with E-state index in [0.29, 0.717) is 6.42 Å². The number of ketones is 1. The van der Waals surface area contributed by atoms with E-state index >= 15 is 0 Å². The zero-order chi connectivity index (χ0) is 11.8. The van der Waals surface area contributed by atoms with Gasteiger partial charge in [0.15, 0.2) is 0 Å². The Kier molecular flexibility index (Phi) is 2.54. The standard InChI is InChI=1S/C13H14O3/c1-9(14)13(12(15)16-2)8-11(13)10-6-4-3-5-7-10/h3-7,11H,8H2,1-2H3. The second-order valence-electron chi connectivity index (χ2n) is 4.19. The molecule has 2 atom stereocenters. The second kappa shape index (κ2) is 3.74. The largest absolute Gasteiger partial charge is 0.468 e. The van der Waals surface area contributed by atoms with Crippen molar-refractivity contribution >= 4 is 11.8 Å². The highest BCUT2D eigenvalue weighted by atomic mass is 16.5. The van der Waals surface area contributed by atoms with Crippen molar-refractivity contribution in [2.45, 2.75) is 19.3 Å². The average Bonchev–Trinajstić information content (AvgIpc) is 3.06. The van der Waals surface area contributed by atoms with Crippen LogP contribution in [0.2, 0.25) is 0 Å². The highest BCUT2D eigenvalue weighted by Crippen LogP contribution is 2.60. The fourth-order valence-electron chi connectivity index (χ4n) is 2.29. The molecule has 0 heterocycles. The molecule has 0 aliphatic heterocycles. The number of Topliss-reactive ketones (excluding diaryl/α,β-unsaturated/α-hetero) is 1. The molecule has 2 rings (SSSR count). The van der Waals surface area contributed by atoms with Crippen molar-refractivity contribution in [3.63, 3.8) is 0 Å². The minimum absolute atomic E-state index is 0.0151. The quantitative estimate of drug-likeness (QED) is 0.575. The molecule has 0 saturated heterocycles. The number of methoxy groups -OCH3 is 1. The highest BCUT2D eigenvalue weighted by Gasteiger charge is 2.65. The SMILES string of the molecule is COC(=O)C1(C(C)=O)CC1c1ccccc1. The Balaban J connectivity index is 2.30. The number of hydrogen-bond acceptors (Lipinski definition) is 3. The number of benzene rings is 1. The summed E-state index contributed by atoms with van der Waals surface area (Å²) >= 11 is 0. The molecule has 0 bridgehead atoms. The van der Waals surface area contributed by atoms with Crippen molar-refractivity contribution in [3.05, 3.63) is 35.9 Å². The van der Waals surface area contributed by atoms with Crippen LogP contribution >= 0.6 is 0 Å². The topological polar surface area (TPSA) is 43.4 Å². The van der Waals surface area contributed by atoms with E-state index in [2.05, 4.69) is 0 Å². The number of hydrogen-bond donors (Lipinski definition) is 0. The lowest BCUT2D eigenvalue weighted by atomic mass is 9.95. The number of carbonyl (C=O) groups is 2. The van der Waals surface area contributed by atoms with Crippen LogP contribution in [0.3, 0.4) is 0 Å². The molecule has 1 fully saturated rings. The Labute approximate surface area is 94.4 Å². The molecule has 0 radical (unpaired) electrons. The number of ether oxygens (including phenoxy) is 1. The summed E-state index contributed by atoms with van der Waals surface area (Å²) in [6.07, 6.45) is 0.568. The van der Waals surface area contributed by atoms with Gasteiger partial charge in [0.2, 0.25) is 0 Å². The molecule has 1 aromatic carbocycles. The molecule has 1 aliphatic rings. The van der Waals surface area contributed by atoms with Gasteiger partial charge in [0.1, 0.15) is 11.2 Å². The van der Waals surface area contributed by atoms with Crippen LogP contribution in [0, 0.1) is 5.41 Å². The summed E-state index contributed by atoms with van der Waals surface area (Å²) in [5.41, 5.74) is 0.110. The summed E-state index contributed by atoms with van der Waals surface area (Å²) in [5.74, 6) is -0.527. The molecule has 84 valence electrons. The van der Waals surface area contributed by atoms with Gasteiger partial charge < -0.3 is 4.74 Å². The Bertz CT molecular complexity index is 424. The molecule has 0 spiro atoms. The van der Waals surface area contributed by atoms with Gasteiger partial charge in [0.05, 0.1) is 7.11 Å². The van der Waals surface area contributed by atoms with Gasteiger partial charge in [-0.3, -0.25) is 9.59 Å². The van der Waals surface area contributed by atoms with Crippen LogP contribution in [-0.4, -0.2) is 18.9 Å². The zero-order valence-corrected chi connectivity index (χ0v) is 9.40. The summed E-state index contributed by atoms with van der Waals surface area (Å²) in [6.45, 7) is 1.46. The Morgan fingerprint density at radius 1 is 1.31 bits per heavy atom. The van der Waals surface area contributed by atoms with Crippen LogP contribution in [0.15, 0.2) is 30.3 Å². The monoisotopic (exact) mass is 218 g/mol. The average molecular weight is 218 g/mol. The molecule has 1 saturated carbocycles. The first-order valence-electron chi connectivity index (χ1n) is 5.27. The van der Waals surface area contributed by atoms with E-state index in [1.807, 2.05) is 30.3 Å². The third kappa shape index (κ3) is 1.43. The van der Waals surface area contributed by atoms with Crippen LogP contribution in [0.4, 0.5) is 0 Å². The molecule has 0 amide bonds. The van der Waals surface area contributed by atoms with Crippen molar-refractivity contribution in [2.75, 3.05) is 7.11 Å². The lowest BCUT2D eigenvalue weighted by Crippen LogP contribution is -2.26. The summed E-state index contributed by atoms with van der Waals surface area (Å²) < 4.78 is 4.73. The molecule has 16 heavy (non-hydrogen) atoms. The van der Waals surface area contributed by atoms with Gasteiger partial charge in [-0.05, 0) is 18.9 Å². The maximum absolute atomic E-state index is 11.7. The van der Waals surface area contributed by atoms with Crippen molar-refractivity contribution in [2.24, 2.45) is 5.41 Å². The first-order chi connectivity index (χ1) is 7.63. The lowest BCUT2D eigenvalue weighted by Gasteiger charge is -2.11. The van der Waals surface area contributed by atoms with Crippen LogP contribution in [-0.2, 0) is 14.3 Å². The summed E-state index contributed by atoms with van der Waals surface area (Å²) in [6, 6.07) is 9.63. The Morgan fingerprint density at radius 3 is 2.44 bits per heavy atom. The third-order valence-corrected chi connectivity index (χ3v) is 3.34. The third-order valence-electron chi connectivity index (χ3n) is 3.34. The van der Waals surface area contributed by atoms with E-state index in [-0.39, 0.29) is 11.7 Å². The summed E-state index contributed by atoms with van der Waals surface area (Å²) in [5, 5.41) is 0. The summed E-state index contributed by atoms with van der Waals surface area (Å²) in [7, 11) is 1.33. The van der Waals surface area contributed by atoms with Gasteiger partial charge in [-0.25, -0.2) is 0 Å². The first-order valence-corrected chi connectivity index (χ1v) is 5.27. The van der Waals surface area contributed by atoms with E-state index in [0.717, 1.165) is 5.56 Å². The van der Waals surface area contributed by atoms with Gasteiger partial charge in [0, 0.05) is 5.92 Å². The molecule has 2 unspecified atom stereocenters. The van der Waals surface area contributed by atoms with Gasteiger partial charge in [0.25, 0.3) is 0 Å². The minimum Gasteiger partial charge on any atom is -0.468 e. The molecular formula is C13H14O3. The van der Waals surface area contributed by atoms with E-state index in [1.165, 1.54) is 14.0 Å². The number of rotatable bonds is 3. The predicted molar refractivity (Wildman–Crippen MR) is 58.9 cm³/mol. The van der Waals surface area contributed by atoms with E-state index in [9.17, 15) is 9.59 Å². The van der Waals surface area contributed by atoms with Crippen LogP contribution in [0.5, 0.6) is 0 Å². The smallest absolute Gasteiger partial charge is 0.319 e. The molecular weight excluding hydrogens is 204 g/mol. The van der Waals surface area contributed by atoms with Crippen molar-refractivity contribution in [1.82, 2.24) is 0 Å². The lowest BCUT2D eigenvalue weighted by molar-refractivity contribution is -0.151. The van der Waals surface area contributed by atoms with Crippen LogP contribution in [0.1, 0.15) is 24.8 Å². The number of esters is 1. The molecule has 1 aromatic rings. The second-order valence-corrected chi connectivity index (χ2v) is 4.19. The van der Waals surface area contributed by atoms with Crippen LogP contribution < -0.4 is 0 Å². The van der Waals surface area contributed by atoms with Gasteiger partial charge in [-0.15, -0.1) is 0 Å². The molecule has 0 aromatic heterocycles. The summed E-state index contributed by atoms with van der Waals surface area (Å²) in [4.78, 5) is 23.3. The van der Waals surface area contributed by atoms with Gasteiger partial charge >= 0.3 is 5.97 Å². The fraction of sp³-hybridized carbons (Fsp3) is 0.385. The Hall–Kier alpha value is -1.64. The number of carbonyl (C=O) groups excluding carboxylic acids is 2. The normalized spacial score (nSPS) is 27.2. The van der Waals surface area contributed by atoms with Crippen molar-refractivity contribution in [3.8, 4) is 0 Å². The maximum Gasteiger partial charge on any atom is 0.319 e. The maximum atomic E-state index is 11.7. The first kappa shape index (κ1) is 10.9. The van der Waals surface area contributed by atoms with E-state index in [4.69, 9.17) is 4.74 Å². The molecule has 1 aliphatic carbocycles. The molecule has 3 nitrogen and oxygen atoms in total. The highest BCUT2D eigenvalue weighted by molar-refractivity contribution is 6.07. The van der Waals surface area contributed by atoms with Crippen molar-refractivity contribution in [1.29, 1.82) is 0 Å². The van der Waals surface area contributed by atoms with Gasteiger partial charge in [-0.2, -0.15) is 0 Å². The van der Waals surface area contributed by atoms with Crippen LogP contribution in [0.25, 0.3) is 0 Å².